The van der Waals surface area contributed by atoms with E-state index in [2.05, 4.69) is 29.8 Å². The zero-order valence-electron chi connectivity index (χ0n) is 7.17. The zero-order chi connectivity index (χ0) is 9.14. The lowest BCUT2D eigenvalue weighted by atomic mass is 10.1. The second-order valence-corrected chi connectivity index (χ2v) is 3.80. The first-order valence-corrected chi connectivity index (χ1v) is 4.71. The number of halogens is 1. The highest BCUT2D eigenvalue weighted by Crippen LogP contribution is 2.19. The molecule has 2 heteroatoms. The second kappa shape index (κ2) is 3.85. The molecule has 0 unspecified atom stereocenters. The van der Waals surface area contributed by atoms with E-state index >= 15 is 0 Å². The first kappa shape index (κ1) is 9.46. The molecule has 0 saturated carbocycles. The van der Waals surface area contributed by atoms with E-state index in [9.17, 15) is 4.79 Å². The van der Waals surface area contributed by atoms with Gasteiger partial charge in [-0.2, -0.15) is 0 Å². The van der Waals surface area contributed by atoms with Crippen molar-refractivity contribution in [2.24, 2.45) is 0 Å². The summed E-state index contributed by atoms with van der Waals surface area (Å²) in [6.45, 7) is 4.14. The molecule has 0 atom stereocenters. The predicted octanol–water partition coefficient (Wildman–Crippen LogP) is 2.93. The van der Waals surface area contributed by atoms with Gasteiger partial charge in [0.2, 0.25) is 0 Å². The third-order valence-corrected chi connectivity index (χ3v) is 2.57. The van der Waals surface area contributed by atoms with Gasteiger partial charge in [0.25, 0.3) is 0 Å². The van der Waals surface area contributed by atoms with Crippen molar-refractivity contribution in [3.05, 3.63) is 44.5 Å². The highest BCUT2D eigenvalue weighted by molar-refractivity contribution is 9.10. The van der Waals surface area contributed by atoms with Gasteiger partial charge in [0, 0.05) is 0 Å². The minimum absolute atomic E-state index is 0.0451. The Morgan fingerprint density at radius 1 is 1.25 bits per heavy atom. The van der Waals surface area contributed by atoms with Crippen molar-refractivity contribution in [2.75, 3.05) is 0 Å². The molecule has 0 aliphatic heterocycles. The average molecular weight is 227 g/mol. The number of rotatable bonds is 1. The van der Waals surface area contributed by atoms with Gasteiger partial charge in [-0.05, 0) is 33.5 Å². The Labute approximate surface area is 80.6 Å². The van der Waals surface area contributed by atoms with E-state index in [1.54, 1.807) is 12.1 Å². The SMILES string of the molecule is CC(C)c1ccccc(=O)c1Br. The molecule has 0 N–H and O–H groups in total. The average Bonchev–Trinajstić information content (AvgIpc) is 2.15. The molecule has 0 aromatic heterocycles. The number of hydrogen-bond donors (Lipinski definition) is 0. The molecule has 0 spiro atoms. The molecule has 1 aromatic rings. The summed E-state index contributed by atoms with van der Waals surface area (Å²) < 4.78 is 0.683. The first-order valence-electron chi connectivity index (χ1n) is 3.91. The Morgan fingerprint density at radius 3 is 2.42 bits per heavy atom. The maximum absolute atomic E-state index is 11.3. The third-order valence-electron chi connectivity index (χ3n) is 1.73. The summed E-state index contributed by atoms with van der Waals surface area (Å²) in [7, 11) is 0. The maximum Gasteiger partial charge on any atom is 0.193 e. The maximum atomic E-state index is 11.3. The normalized spacial score (nSPS) is 10.3. The Kier molecular flexibility index (Phi) is 3.04. The molecule has 1 nitrogen and oxygen atoms in total. The van der Waals surface area contributed by atoms with E-state index in [1.807, 2.05) is 12.1 Å². The van der Waals surface area contributed by atoms with E-state index in [0.717, 1.165) is 5.56 Å². The molecule has 12 heavy (non-hydrogen) atoms. The van der Waals surface area contributed by atoms with E-state index in [-0.39, 0.29) is 5.43 Å². The number of hydrogen-bond acceptors (Lipinski definition) is 1. The fraction of sp³-hybridized carbons (Fsp3) is 0.300. The van der Waals surface area contributed by atoms with Crippen LogP contribution in [0.15, 0.2) is 33.5 Å². The Balaban J connectivity index is 3.42. The van der Waals surface area contributed by atoms with Gasteiger partial charge in [-0.25, -0.2) is 0 Å². The standard InChI is InChI=1S/C10H11BrO/c1-7(2)8-5-3-4-6-9(12)10(8)11/h3-7H,1-2H3. The van der Waals surface area contributed by atoms with E-state index < -0.39 is 0 Å². The highest BCUT2D eigenvalue weighted by Gasteiger charge is 2.04. The van der Waals surface area contributed by atoms with Crippen molar-refractivity contribution in [1.29, 1.82) is 0 Å². The van der Waals surface area contributed by atoms with Crippen molar-refractivity contribution in [3.8, 4) is 0 Å². The molecule has 0 amide bonds. The van der Waals surface area contributed by atoms with Gasteiger partial charge in [0.05, 0.1) is 4.47 Å². The van der Waals surface area contributed by atoms with Crippen LogP contribution in [0.25, 0.3) is 0 Å². The fourth-order valence-corrected chi connectivity index (χ4v) is 1.76. The van der Waals surface area contributed by atoms with Gasteiger partial charge in [0.1, 0.15) is 0 Å². The first-order chi connectivity index (χ1) is 5.63. The Bertz CT molecular complexity index is 331. The lowest BCUT2D eigenvalue weighted by Crippen LogP contribution is -1.99. The smallest absolute Gasteiger partial charge is 0.193 e. The molecule has 0 radical (unpaired) electrons. The molecule has 0 aliphatic carbocycles. The summed E-state index contributed by atoms with van der Waals surface area (Å²) in [5.74, 6) is 0.375. The minimum atomic E-state index is 0.0451. The Hall–Kier alpha value is -0.630. The van der Waals surface area contributed by atoms with Gasteiger partial charge < -0.3 is 0 Å². The van der Waals surface area contributed by atoms with Crippen LogP contribution < -0.4 is 5.43 Å². The van der Waals surface area contributed by atoms with E-state index in [0.29, 0.717) is 10.4 Å². The largest absolute Gasteiger partial charge is 0.289 e. The van der Waals surface area contributed by atoms with Crippen LogP contribution in [-0.4, -0.2) is 0 Å². The van der Waals surface area contributed by atoms with Crippen LogP contribution in [-0.2, 0) is 0 Å². The summed E-state index contributed by atoms with van der Waals surface area (Å²) in [6, 6.07) is 7.19. The van der Waals surface area contributed by atoms with Crippen LogP contribution in [0.5, 0.6) is 0 Å². The quantitative estimate of drug-likeness (QED) is 0.720. The lowest BCUT2D eigenvalue weighted by molar-refractivity contribution is 0.861. The molecular weight excluding hydrogens is 216 g/mol. The van der Waals surface area contributed by atoms with Gasteiger partial charge in [-0.15, -0.1) is 0 Å². The molecule has 0 fully saturated rings. The topological polar surface area (TPSA) is 17.1 Å². The molecule has 0 bridgehead atoms. The van der Waals surface area contributed by atoms with Gasteiger partial charge >= 0.3 is 0 Å². The second-order valence-electron chi connectivity index (χ2n) is 3.01. The Morgan fingerprint density at radius 2 is 1.83 bits per heavy atom. The molecular formula is C10H11BrO. The minimum Gasteiger partial charge on any atom is -0.289 e. The van der Waals surface area contributed by atoms with Crippen molar-refractivity contribution in [3.63, 3.8) is 0 Å². The molecule has 1 rings (SSSR count). The van der Waals surface area contributed by atoms with Gasteiger partial charge in [0.15, 0.2) is 5.43 Å². The van der Waals surface area contributed by atoms with Crippen LogP contribution >= 0.6 is 15.9 Å². The lowest BCUT2D eigenvalue weighted by Gasteiger charge is -2.02. The van der Waals surface area contributed by atoms with E-state index in [1.165, 1.54) is 0 Å². The van der Waals surface area contributed by atoms with Crippen molar-refractivity contribution < 1.29 is 0 Å². The van der Waals surface area contributed by atoms with E-state index in [4.69, 9.17) is 0 Å². The summed E-state index contributed by atoms with van der Waals surface area (Å²) >= 11 is 3.30. The van der Waals surface area contributed by atoms with Crippen LogP contribution in [0.3, 0.4) is 0 Å². The summed E-state index contributed by atoms with van der Waals surface area (Å²) in [5.41, 5.74) is 1.11. The van der Waals surface area contributed by atoms with Crippen molar-refractivity contribution >= 4 is 15.9 Å². The van der Waals surface area contributed by atoms with Crippen molar-refractivity contribution in [2.45, 2.75) is 19.8 Å². The van der Waals surface area contributed by atoms with Crippen LogP contribution in [0.4, 0.5) is 0 Å². The van der Waals surface area contributed by atoms with Crippen LogP contribution in [0, 0.1) is 0 Å². The fourth-order valence-electron chi connectivity index (χ4n) is 1.04. The zero-order valence-corrected chi connectivity index (χ0v) is 8.76. The third kappa shape index (κ3) is 1.95. The molecule has 64 valence electrons. The van der Waals surface area contributed by atoms with Crippen molar-refractivity contribution in [1.82, 2.24) is 0 Å². The molecule has 0 saturated heterocycles. The molecule has 0 aliphatic rings. The summed E-state index contributed by atoms with van der Waals surface area (Å²) in [6.07, 6.45) is 0. The van der Waals surface area contributed by atoms with Gasteiger partial charge in [-0.1, -0.05) is 32.0 Å². The summed E-state index contributed by atoms with van der Waals surface area (Å²) in [4.78, 5) is 11.3. The molecule has 0 heterocycles. The molecule has 1 aromatic carbocycles. The summed E-state index contributed by atoms with van der Waals surface area (Å²) in [5, 5.41) is 0. The highest BCUT2D eigenvalue weighted by atomic mass is 79.9. The van der Waals surface area contributed by atoms with Gasteiger partial charge in [-0.3, -0.25) is 4.79 Å². The van der Waals surface area contributed by atoms with Crippen LogP contribution in [0.2, 0.25) is 0 Å². The van der Waals surface area contributed by atoms with Crippen LogP contribution in [0.1, 0.15) is 25.3 Å². The predicted molar refractivity (Wildman–Crippen MR) is 54.5 cm³/mol. The monoisotopic (exact) mass is 226 g/mol.